The Labute approximate surface area is 110 Å². The minimum atomic E-state index is -0.433. The molecule has 0 heterocycles. The third kappa shape index (κ3) is 3.23. The Balaban J connectivity index is 2.66. The molecule has 2 unspecified atom stereocenters. The van der Waals surface area contributed by atoms with Crippen LogP contribution >= 0.6 is 0 Å². The SMILES string of the molecule is CCC(CC)(CN)C(=O)NC1CCCCC1CO. The van der Waals surface area contributed by atoms with Gasteiger partial charge in [-0.25, -0.2) is 0 Å². The quantitative estimate of drug-likeness (QED) is 0.673. The number of hydrogen-bond donors (Lipinski definition) is 3. The molecule has 0 aliphatic heterocycles. The van der Waals surface area contributed by atoms with E-state index in [-0.39, 0.29) is 24.5 Å². The standard InChI is InChI=1S/C14H28N2O2/c1-3-14(4-2,10-15)13(18)16-12-8-6-5-7-11(12)9-17/h11-12,17H,3-10,15H2,1-2H3,(H,16,18). The van der Waals surface area contributed by atoms with E-state index in [2.05, 4.69) is 5.32 Å². The Morgan fingerprint density at radius 1 is 1.33 bits per heavy atom. The molecule has 1 aliphatic carbocycles. The molecule has 0 aromatic heterocycles. The van der Waals surface area contributed by atoms with Crippen LogP contribution in [-0.4, -0.2) is 30.2 Å². The highest BCUT2D eigenvalue weighted by molar-refractivity contribution is 5.83. The van der Waals surface area contributed by atoms with Crippen molar-refractivity contribution in [2.24, 2.45) is 17.1 Å². The lowest BCUT2D eigenvalue weighted by molar-refractivity contribution is -0.132. The first kappa shape index (κ1) is 15.4. The summed E-state index contributed by atoms with van der Waals surface area (Å²) in [4.78, 5) is 12.4. The van der Waals surface area contributed by atoms with E-state index < -0.39 is 5.41 Å². The van der Waals surface area contributed by atoms with Gasteiger partial charge in [0.05, 0.1) is 5.41 Å². The fourth-order valence-corrected chi connectivity index (χ4v) is 2.89. The van der Waals surface area contributed by atoms with E-state index in [1.807, 2.05) is 13.8 Å². The summed E-state index contributed by atoms with van der Waals surface area (Å²) < 4.78 is 0. The predicted molar refractivity (Wildman–Crippen MR) is 73.0 cm³/mol. The van der Waals surface area contributed by atoms with Crippen molar-refractivity contribution in [1.29, 1.82) is 0 Å². The molecule has 0 radical (unpaired) electrons. The molecule has 0 bridgehead atoms. The maximum atomic E-state index is 12.4. The summed E-state index contributed by atoms with van der Waals surface area (Å²) in [5.74, 6) is 0.284. The highest BCUT2D eigenvalue weighted by atomic mass is 16.3. The summed E-state index contributed by atoms with van der Waals surface area (Å²) in [6.07, 6.45) is 5.81. The Kier molecular flexibility index (Phi) is 6.09. The van der Waals surface area contributed by atoms with Crippen molar-refractivity contribution in [2.45, 2.75) is 58.4 Å². The van der Waals surface area contributed by atoms with Gasteiger partial charge in [-0.2, -0.15) is 0 Å². The van der Waals surface area contributed by atoms with E-state index in [0.29, 0.717) is 6.54 Å². The fraction of sp³-hybridized carbons (Fsp3) is 0.929. The van der Waals surface area contributed by atoms with Crippen molar-refractivity contribution in [1.82, 2.24) is 5.32 Å². The summed E-state index contributed by atoms with van der Waals surface area (Å²) in [5.41, 5.74) is 5.36. The number of aliphatic hydroxyl groups is 1. The van der Waals surface area contributed by atoms with Crippen molar-refractivity contribution >= 4 is 5.91 Å². The molecule has 4 heteroatoms. The number of hydrogen-bond acceptors (Lipinski definition) is 3. The van der Waals surface area contributed by atoms with E-state index in [1.165, 1.54) is 0 Å². The number of nitrogens with one attached hydrogen (secondary N) is 1. The zero-order valence-electron chi connectivity index (χ0n) is 11.7. The van der Waals surface area contributed by atoms with E-state index in [9.17, 15) is 9.90 Å². The molecule has 1 aliphatic rings. The zero-order valence-corrected chi connectivity index (χ0v) is 11.7. The average molecular weight is 256 g/mol. The van der Waals surface area contributed by atoms with Gasteiger partial charge in [0.2, 0.25) is 5.91 Å². The van der Waals surface area contributed by atoms with Gasteiger partial charge < -0.3 is 16.2 Å². The van der Waals surface area contributed by atoms with Crippen molar-refractivity contribution in [3.63, 3.8) is 0 Å². The van der Waals surface area contributed by atoms with Gasteiger partial charge in [-0.15, -0.1) is 0 Å². The minimum absolute atomic E-state index is 0.0698. The first-order valence-corrected chi connectivity index (χ1v) is 7.25. The number of aliphatic hydroxyl groups excluding tert-OH is 1. The molecule has 1 amide bonds. The smallest absolute Gasteiger partial charge is 0.227 e. The topological polar surface area (TPSA) is 75.4 Å². The third-order valence-electron chi connectivity index (χ3n) is 4.69. The van der Waals surface area contributed by atoms with Gasteiger partial charge in [0.25, 0.3) is 0 Å². The van der Waals surface area contributed by atoms with Gasteiger partial charge >= 0.3 is 0 Å². The summed E-state index contributed by atoms with van der Waals surface area (Å²) in [7, 11) is 0. The summed E-state index contributed by atoms with van der Waals surface area (Å²) in [5, 5.41) is 12.5. The Hall–Kier alpha value is -0.610. The van der Waals surface area contributed by atoms with Gasteiger partial charge in [0.1, 0.15) is 0 Å². The van der Waals surface area contributed by atoms with Crippen LogP contribution in [0, 0.1) is 11.3 Å². The molecule has 0 saturated heterocycles. The molecular formula is C14H28N2O2. The van der Waals surface area contributed by atoms with Gasteiger partial charge in [-0.05, 0) is 25.7 Å². The van der Waals surface area contributed by atoms with E-state index in [4.69, 9.17) is 5.73 Å². The van der Waals surface area contributed by atoms with Crippen LogP contribution in [0.2, 0.25) is 0 Å². The molecule has 4 nitrogen and oxygen atoms in total. The highest BCUT2D eigenvalue weighted by Gasteiger charge is 2.36. The van der Waals surface area contributed by atoms with E-state index in [0.717, 1.165) is 38.5 Å². The van der Waals surface area contributed by atoms with Gasteiger partial charge in [0, 0.05) is 25.1 Å². The molecule has 18 heavy (non-hydrogen) atoms. The maximum absolute atomic E-state index is 12.4. The van der Waals surface area contributed by atoms with Crippen LogP contribution < -0.4 is 11.1 Å². The largest absolute Gasteiger partial charge is 0.396 e. The molecule has 1 rings (SSSR count). The summed E-state index contributed by atoms with van der Waals surface area (Å²) in [6.45, 7) is 4.59. The lowest BCUT2D eigenvalue weighted by Crippen LogP contribution is -2.52. The maximum Gasteiger partial charge on any atom is 0.227 e. The second-order valence-corrected chi connectivity index (χ2v) is 5.50. The van der Waals surface area contributed by atoms with Crippen LogP contribution in [0.25, 0.3) is 0 Å². The highest BCUT2D eigenvalue weighted by Crippen LogP contribution is 2.28. The number of amides is 1. The monoisotopic (exact) mass is 256 g/mol. The molecule has 1 fully saturated rings. The Bertz CT molecular complexity index is 256. The molecule has 0 spiro atoms. The first-order valence-electron chi connectivity index (χ1n) is 7.25. The second-order valence-electron chi connectivity index (χ2n) is 5.50. The van der Waals surface area contributed by atoms with Crippen LogP contribution in [0.3, 0.4) is 0 Å². The Morgan fingerprint density at radius 3 is 2.44 bits per heavy atom. The molecule has 106 valence electrons. The molecule has 4 N–H and O–H groups in total. The average Bonchev–Trinajstić information content (AvgIpc) is 2.42. The first-order chi connectivity index (χ1) is 8.63. The van der Waals surface area contributed by atoms with Gasteiger partial charge in [-0.1, -0.05) is 26.7 Å². The van der Waals surface area contributed by atoms with E-state index >= 15 is 0 Å². The molecule has 0 aromatic rings. The second kappa shape index (κ2) is 7.10. The van der Waals surface area contributed by atoms with Crippen LogP contribution in [0.1, 0.15) is 52.4 Å². The number of nitrogens with two attached hydrogens (primary N) is 1. The number of rotatable bonds is 6. The lowest BCUT2D eigenvalue weighted by atomic mass is 9.79. The molecule has 2 atom stereocenters. The molecule has 1 saturated carbocycles. The lowest BCUT2D eigenvalue weighted by Gasteiger charge is -2.35. The van der Waals surface area contributed by atoms with Crippen molar-refractivity contribution < 1.29 is 9.90 Å². The summed E-state index contributed by atoms with van der Waals surface area (Å²) >= 11 is 0. The van der Waals surface area contributed by atoms with Crippen LogP contribution in [0.15, 0.2) is 0 Å². The van der Waals surface area contributed by atoms with E-state index in [1.54, 1.807) is 0 Å². The molecular weight excluding hydrogens is 228 g/mol. The Morgan fingerprint density at radius 2 is 1.94 bits per heavy atom. The van der Waals surface area contributed by atoms with Crippen molar-refractivity contribution in [3.8, 4) is 0 Å². The number of carbonyl (C=O) groups is 1. The van der Waals surface area contributed by atoms with Gasteiger partial charge in [-0.3, -0.25) is 4.79 Å². The number of carbonyl (C=O) groups excluding carboxylic acids is 1. The molecule has 0 aromatic carbocycles. The normalized spacial score (nSPS) is 24.9. The van der Waals surface area contributed by atoms with Crippen LogP contribution in [0.5, 0.6) is 0 Å². The van der Waals surface area contributed by atoms with Crippen LogP contribution in [-0.2, 0) is 4.79 Å². The van der Waals surface area contributed by atoms with Crippen molar-refractivity contribution in [2.75, 3.05) is 13.2 Å². The minimum Gasteiger partial charge on any atom is -0.396 e. The van der Waals surface area contributed by atoms with Gasteiger partial charge in [0.15, 0.2) is 0 Å². The zero-order chi connectivity index (χ0) is 13.6. The predicted octanol–water partition coefficient (Wildman–Crippen LogP) is 1.42. The van der Waals surface area contributed by atoms with Crippen molar-refractivity contribution in [3.05, 3.63) is 0 Å². The van der Waals surface area contributed by atoms with Crippen LogP contribution in [0.4, 0.5) is 0 Å². The fourth-order valence-electron chi connectivity index (χ4n) is 2.89. The third-order valence-corrected chi connectivity index (χ3v) is 4.69. The summed E-state index contributed by atoms with van der Waals surface area (Å²) in [6, 6.07) is 0.125.